The standard InChI is InChI=1S/C22H28OSi/c1-19(12-11-17-23)18-24(22(2,3)4,20-13-7-5-8-14-20)21-15-9-6-10-16-21/h5-10,13-17H,1,11-12,18H2,2-4H3. The van der Waals surface area contributed by atoms with Gasteiger partial charge in [0.1, 0.15) is 14.4 Å². The van der Waals surface area contributed by atoms with Crippen molar-refractivity contribution in [2.75, 3.05) is 0 Å². The second kappa shape index (κ2) is 7.76. The Morgan fingerprint density at radius 2 is 1.42 bits per heavy atom. The predicted octanol–water partition coefficient (Wildman–Crippen LogP) is 4.59. The molecule has 2 aromatic carbocycles. The quantitative estimate of drug-likeness (QED) is 0.411. The Morgan fingerprint density at radius 1 is 0.958 bits per heavy atom. The first-order chi connectivity index (χ1) is 11.4. The third-order valence-electron chi connectivity index (χ3n) is 4.94. The Balaban J connectivity index is 2.61. The van der Waals surface area contributed by atoms with Gasteiger partial charge in [-0.2, -0.15) is 0 Å². The molecule has 0 radical (unpaired) electrons. The zero-order valence-corrected chi connectivity index (χ0v) is 16.1. The maximum Gasteiger partial charge on any atom is 0.127 e. The molecule has 0 N–H and O–H groups in total. The predicted molar refractivity (Wildman–Crippen MR) is 107 cm³/mol. The molecule has 0 aliphatic carbocycles. The van der Waals surface area contributed by atoms with Crippen LogP contribution in [0, 0.1) is 0 Å². The minimum absolute atomic E-state index is 0.139. The van der Waals surface area contributed by atoms with Crippen LogP contribution in [0.15, 0.2) is 72.8 Å². The number of carbonyl (C=O) groups is 1. The lowest BCUT2D eigenvalue weighted by molar-refractivity contribution is -0.107. The molecule has 0 aromatic heterocycles. The van der Waals surface area contributed by atoms with Crippen molar-refractivity contribution in [3.8, 4) is 0 Å². The molecule has 24 heavy (non-hydrogen) atoms. The molecule has 0 bridgehead atoms. The highest BCUT2D eigenvalue weighted by molar-refractivity contribution is 7.04. The van der Waals surface area contributed by atoms with E-state index in [0.717, 1.165) is 18.8 Å². The number of aldehydes is 1. The van der Waals surface area contributed by atoms with Gasteiger partial charge in [-0.15, -0.1) is 6.58 Å². The fourth-order valence-corrected chi connectivity index (χ4v) is 9.13. The zero-order valence-electron chi connectivity index (χ0n) is 15.1. The molecule has 126 valence electrons. The van der Waals surface area contributed by atoms with Crippen LogP contribution in [0.2, 0.25) is 11.1 Å². The van der Waals surface area contributed by atoms with E-state index in [1.165, 1.54) is 15.9 Å². The molecule has 2 aromatic rings. The third-order valence-corrected chi connectivity index (χ3v) is 11.2. The van der Waals surface area contributed by atoms with E-state index in [0.29, 0.717) is 6.42 Å². The summed E-state index contributed by atoms with van der Waals surface area (Å²) in [6, 6.07) is 22.8. The monoisotopic (exact) mass is 336 g/mol. The van der Waals surface area contributed by atoms with Crippen molar-refractivity contribution in [1.29, 1.82) is 0 Å². The first kappa shape index (κ1) is 18.4. The van der Waals surface area contributed by atoms with Crippen LogP contribution in [-0.4, -0.2) is 14.4 Å². The number of allylic oxidation sites excluding steroid dienone is 1. The summed E-state index contributed by atoms with van der Waals surface area (Å²) in [5.41, 5.74) is 1.19. The highest BCUT2D eigenvalue weighted by Gasteiger charge is 2.47. The van der Waals surface area contributed by atoms with E-state index in [9.17, 15) is 4.79 Å². The van der Waals surface area contributed by atoms with Gasteiger partial charge in [0.25, 0.3) is 0 Å². The number of carbonyl (C=O) groups excluding carboxylic acids is 1. The summed E-state index contributed by atoms with van der Waals surface area (Å²) in [5.74, 6) is 0. The van der Waals surface area contributed by atoms with Crippen LogP contribution >= 0.6 is 0 Å². The molecule has 0 saturated heterocycles. The average molecular weight is 337 g/mol. The van der Waals surface area contributed by atoms with Gasteiger partial charge in [-0.3, -0.25) is 0 Å². The van der Waals surface area contributed by atoms with Crippen LogP contribution in [0.3, 0.4) is 0 Å². The average Bonchev–Trinajstić information content (AvgIpc) is 2.58. The molecule has 0 aliphatic heterocycles. The summed E-state index contributed by atoms with van der Waals surface area (Å²) >= 11 is 0. The second-order valence-electron chi connectivity index (χ2n) is 7.52. The van der Waals surface area contributed by atoms with Crippen molar-refractivity contribution in [1.82, 2.24) is 0 Å². The van der Waals surface area contributed by atoms with Crippen LogP contribution in [0.4, 0.5) is 0 Å². The fraction of sp³-hybridized carbons (Fsp3) is 0.318. The van der Waals surface area contributed by atoms with Gasteiger partial charge in [-0.1, -0.05) is 97.4 Å². The summed E-state index contributed by atoms with van der Waals surface area (Å²) in [7, 11) is -2.08. The largest absolute Gasteiger partial charge is 0.303 e. The van der Waals surface area contributed by atoms with Crippen molar-refractivity contribution < 1.29 is 4.79 Å². The molecule has 0 spiro atoms. The first-order valence-electron chi connectivity index (χ1n) is 8.63. The Bertz CT molecular complexity index is 629. The summed E-state index contributed by atoms with van der Waals surface area (Å²) in [6.45, 7) is 11.4. The van der Waals surface area contributed by atoms with E-state index in [1.54, 1.807) is 0 Å². The lowest BCUT2D eigenvalue weighted by Gasteiger charge is -2.45. The lowest BCUT2D eigenvalue weighted by atomic mass is 10.2. The first-order valence-corrected chi connectivity index (χ1v) is 10.8. The van der Waals surface area contributed by atoms with Crippen molar-refractivity contribution >= 4 is 24.7 Å². The van der Waals surface area contributed by atoms with E-state index in [4.69, 9.17) is 0 Å². The van der Waals surface area contributed by atoms with Crippen LogP contribution in [0.5, 0.6) is 0 Å². The summed E-state index contributed by atoms with van der Waals surface area (Å²) in [4.78, 5) is 10.8. The second-order valence-corrected chi connectivity index (χ2v) is 12.3. The molecule has 0 atom stereocenters. The zero-order chi connectivity index (χ0) is 17.6. The van der Waals surface area contributed by atoms with E-state index in [-0.39, 0.29) is 5.04 Å². The normalized spacial score (nSPS) is 12.0. The highest BCUT2D eigenvalue weighted by Crippen LogP contribution is 2.40. The fourth-order valence-electron chi connectivity index (χ4n) is 3.67. The van der Waals surface area contributed by atoms with Crippen molar-refractivity contribution in [3.05, 3.63) is 72.8 Å². The van der Waals surface area contributed by atoms with E-state index in [1.807, 2.05) is 0 Å². The van der Waals surface area contributed by atoms with E-state index < -0.39 is 8.07 Å². The maximum atomic E-state index is 10.8. The minimum atomic E-state index is -2.08. The lowest BCUT2D eigenvalue weighted by Crippen LogP contribution is -2.64. The van der Waals surface area contributed by atoms with Crippen LogP contribution < -0.4 is 10.4 Å². The van der Waals surface area contributed by atoms with Gasteiger partial charge in [0.2, 0.25) is 0 Å². The Hall–Kier alpha value is -1.93. The molecule has 0 fully saturated rings. The van der Waals surface area contributed by atoms with Gasteiger partial charge in [0.15, 0.2) is 0 Å². The van der Waals surface area contributed by atoms with E-state index in [2.05, 4.69) is 88.0 Å². The van der Waals surface area contributed by atoms with Crippen LogP contribution in [0.1, 0.15) is 33.6 Å². The summed E-state index contributed by atoms with van der Waals surface area (Å²) in [5, 5.41) is 3.02. The van der Waals surface area contributed by atoms with E-state index >= 15 is 0 Å². The highest BCUT2D eigenvalue weighted by atomic mass is 28.3. The molecule has 0 aliphatic rings. The van der Waals surface area contributed by atoms with Gasteiger partial charge < -0.3 is 4.79 Å². The van der Waals surface area contributed by atoms with Crippen molar-refractivity contribution in [2.45, 2.75) is 44.7 Å². The molecule has 2 heteroatoms. The maximum absolute atomic E-state index is 10.8. The van der Waals surface area contributed by atoms with Crippen LogP contribution in [0.25, 0.3) is 0 Å². The molecule has 0 saturated carbocycles. The topological polar surface area (TPSA) is 17.1 Å². The summed E-state index contributed by atoms with van der Waals surface area (Å²) in [6.07, 6.45) is 2.35. The van der Waals surface area contributed by atoms with Gasteiger partial charge in [0, 0.05) is 6.42 Å². The number of benzene rings is 2. The molecular weight excluding hydrogens is 308 g/mol. The van der Waals surface area contributed by atoms with Gasteiger partial charge in [0.05, 0.1) is 0 Å². The molecular formula is C22H28OSi. The third kappa shape index (κ3) is 3.76. The van der Waals surface area contributed by atoms with Crippen molar-refractivity contribution in [3.63, 3.8) is 0 Å². The van der Waals surface area contributed by atoms with Crippen molar-refractivity contribution in [2.24, 2.45) is 0 Å². The van der Waals surface area contributed by atoms with Crippen LogP contribution in [-0.2, 0) is 4.79 Å². The summed E-state index contributed by atoms with van der Waals surface area (Å²) < 4.78 is 0. The van der Waals surface area contributed by atoms with Gasteiger partial charge in [-0.25, -0.2) is 0 Å². The molecule has 0 unspecified atom stereocenters. The number of hydrogen-bond donors (Lipinski definition) is 0. The molecule has 2 rings (SSSR count). The number of hydrogen-bond acceptors (Lipinski definition) is 1. The smallest absolute Gasteiger partial charge is 0.127 e. The molecule has 0 heterocycles. The molecule has 1 nitrogen and oxygen atoms in total. The van der Waals surface area contributed by atoms with Gasteiger partial charge >= 0.3 is 0 Å². The minimum Gasteiger partial charge on any atom is -0.303 e. The van der Waals surface area contributed by atoms with Gasteiger partial charge in [-0.05, 0) is 17.5 Å². The number of rotatable bonds is 7. The Kier molecular flexibility index (Phi) is 5.95. The molecule has 0 amide bonds. The Morgan fingerprint density at radius 3 is 1.79 bits per heavy atom. The Labute approximate surface area is 147 Å². The SMILES string of the molecule is C=C(CCC=O)C[Si](c1ccccc1)(c1ccccc1)C(C)(C)C.